The van der Waals surface area contributed by atoms with Crippen LogP contribution in [0.1, 0.15) is 16.1 Å². The van der Waals surface area contributed by atoms with Gasteiger partial charge in [0.1, 0.15) is 10.7 Å². The third kappa shape index (κ3) is 4.03. The molecule has 7 heteroatoms. The van der Waals surface area contributed by atoms with Crippen LogP contribution in [-0.2, 0) is 20.3 Å². The van der Waals surface area contributed by atoms with Crippen molar-refractivity contribution in [3.05, 3.63) is 83.9 Å². The summed E-state index contributed by atoms with van der Waals surface area (Å²) < 4.78 is 44.5. The lowest BCUT2D eigenvalue weighted by Gasteiger charge is -2.10. The van der Waals surface area contributed by atoms with E-state index in [1.165, 1.54) is 30.5 Å². The molecule has 0 saturated heterocycles. The Morgan fingerprint density at radius 1 is 1.04 bits per heavy atom. The molecule has 0 amide bonds. The van der Waals surface area contributed by atoms with Crippen LogP contribution in [0, 0.1) is 5.82 Å². The Morgan fingerprint density at radius 2 is 1.78 bits per heavy atom. The predicted octanol–water partition coefficient (Wildman–Crippen LogP) is 3.65. The number of halogens is 1. The first kappa shape index (κ1) is 18.7. The van der Waals surface area contributed by atoms with Crippen molar-refractivity contribution in [2.45, 2.75) is 10.6 Å². The van der Waals surface area contributed by atoms with Crippen molar-refractivity contribution in [3.63, 3.8) is 0 Å². The quantitative estimate of drug-likeness (QED) is 0.627. The number of benzene rings is 2. The zero-order valence-corrected chi connectivity index (χ0v) is 15.2. The molecule has 1 heterocycles. The van der Waals surface area contributed by atoms with E-state index in [1.807, 2.05) is 30.3 Å². The SMILES string of the molecule is COC(=O)c1ncccc1S(=O)(=O)Cc1cc(-c2ccccc2)ccc1F. The highest BCUT2D eigenvalue weighted by molar-refractivity contribution is 7.90. The van der Waals surface area contributed by atoms with E-state index in [4.69, 9.17) is 0 Å². The van der Waals surface area contributed by atoms with Gasteiger partial charge in [0.25, 0.3) is 0 Å². The molecule has 0 unspecified atom stereocenters. The molecule has 0 aliphatic heterocycles. The Morgan fingerprint density at radius 3 is 2.48 bits per heavy atom. The second kappa shape index (κ2) is 7.67. The third-order valence-corrected chi connectivity index (χ3v) is 5.67. The van der Waals surface area contributed by atoms with Crippen LogP contribution >= 0.6 is 0 Å². The highest BCUT2D eigenvalue weighted by Gasteiger charge is 2.25. The van der Waals surface area contributed by atoms with Gasteiger partial charge in [-0.25, -0.2) is 22.6 Å². The van der Waals surface area contributed by atoms with E-state index in [2.05, 4.69) is 9.72 Å². The summed E-state index contributed by atoms with van der Waals surface area (Å²) in [6.45, 7) is 0. The van der Waals surface area contributed by atoms with E-state index in [-0.39, 0.29) is 16.2 Å². The van der Waals surface area contributed by atoms with E-state index < -0.39 is 27.4 Å². The first-order chi connectivity index (χ1) is 12.9. The summed E-state index contributed by atoms with van der Waals surface area (Å²) in [7, 11) is -2.89. The number of methoxy groups -OCH3 is 1. The molecule has 138 valence electrons. The second-order valence-electron chi connectivity index (χ2n) is 5.77. The third-order valence-electron chi connectivity index (χ3n) is 3.98. The molecule has 0 spiro atoms. The average Bonchev–Trinajstić information content (AvgIpc) is 2.69. The summed E-state index contributed by atoms with van der Waals surface area (Å²) in [6, 6.07) is 16.2. The molecule has 0 atom stereocenters. The van der Waals surface area contributed by atoms with Gasteiger partial charge < -0.3 is 4.74 Å². The van der Waals surface area contributed by atoms with Gasteiger partial charge >= 0.3 is 5.97 Å². The van der Waals surface area contributed by atoms with E-state index in [0.29, 0.717) is 5.56 Å². The fourth-order valence-corrected chi connectivity index (χ4v) is 4.17. The van der Waals surface area contributed by atoms with E-state index in [9.17, 15) is 17.6 Å². The maximum atomic E-state index is 14.3. The number of pyridine rings is 1. The molecule has 0 aliphatic rings. The van der Waals surface area contributed by atoms with Crippen molar-refractivity contribution in [1.29, 1.82) is 0 Å². The van der Waals surface area contributed by atoms with Crippen molar-refractivity contribution >= 4 is 15.8 Å². The molecule has 27 heavy (non-hydrogen) atoms. The minimum absolute atomic E-state index is 0.0102. The van der Waals surface area contributed by atoms with Crippen LogP contribution < -0.4 is 0 Å². The summed E-state index contributed by atoms with van der Waals surface area (Å²) in [6.07, 6.45) is 1.29. The van der Waals surface area contributed by atoms with Gasteiger partial charge in [-0.3, -0.25) is 0 Å². The monoisotopic (exact) mass is 385 g/mol. The van der Waals surface area contributed by atoms with Gasteiger partial charge in [0.05, 0.1) is 12.9 Å². The Hall–Kier alpha value is -3.06. The number of hydrogen-bond donors (Lipinski definition) is 0. The summed E-state index contributed by atoms with van der Waals surface area (Å²) in [4.78, 5) is 15.3. The van der Waals surface area contributed by atoms with Crippen LogP contribution in [-0.4, -0.2) is 26.5 Å². The lowest BCUT2D eigenvalue weighted by atomic mass is 10.0. The van der Waals surface area contributed by atoms with Crippen molar-refractivity contribution in [2.75, 3.05) is 7.11 Å². The molecule has 3 rings (SSSR count). The first-order valence-corrected chi connectivity index (χ1v) is 9.67. The van der Waals surface area contributed by atoms with Crippen LogP contribution in [0.3, 0.4) is 0 Å². The summed E-state index contributed by atoms with van der Waals surface area (Å²) in [5.41, 5.74) is 1.23. The zero-order valence-electron chi connectivity index (χ0n) is 14.4. The average molecular weight is 385 g/mol. The lowest BCUT2D eigenvalue weighted by Crippen LogP contribution is -2.14. The number of ether oxygens (including phenoxy) is 1. The minimum atomic E-state index is -4.02. The van der Waals surface area contributed by atoms with Gasteiger partial charge in [-0.1, -0.05) is 36.4 Å². The molecule has 1 aromatic heterocycles. The highest BCUT2D eigenvalue weighted by Crippen LogP contribution is 2.26. The largest absolute Gasteiger partial charge is 0.464 e. The summed E-state index contributed by atoms with van der Waals surface area (Å²) in [5.74, 6) is -2.11. The van der Waals surface area contributed by atoms with Gasteiger partial charge in [0.15, 0.2) is 15.5 Å². The van der Waals surface area contributed by atoms with Gasteiger partial charge in [0.2, 0.25) is 0 Å². The Balaban J connectivity index is 2.01. The van der Waals surface area contributed by atoms with E-state index >= 15 is 0 Å². The Kier molecular flexibility index (Phi) is 5.32. The zero-order chi connectivity index (χ0) is 19.4. The molecule has 0 aliphatic carbocycles. The van der Waals surface area contributed by atoms with Gasteiger partial charge in [-0.15, -0.1) is 0 Å². The Bertz CT molecular complexity index is 1080. The van der Waals surface area contributed by atoms with Crippen molar-refractivity contribution in [1.82, 2.24) is 4.98 Å². The van der Waals surface area contributed by atoms with Crippen molar-refractivity contribution < 1.29 is 22.3 Å². The van der Waals surface area contributed by atoms with Gasteiger partial charge in [-0.2, -0.15) is 0 Å². The van der Waals surface area contributed by atoms with Crippen LogP contribution in [0.5, 0.6) is 0 Å². The molecule has 0 fully saturated rings. The fourth-order valence-electron chi connectivity index (χ4n) is 2.67. The van der Waals surface area contributed by atoms with Crippen molar-refractivity contribution in [2.24, 2.45) is 0 Å². The second-order valence-corrected chi connectivity index (χ2v) is 7.73. The molecule has 5 nitrogen and oxygen atoms in total. The molecule has 3 aromatic rings. The maximum absolute atomic E-state index is 14.3. The predicted molar refractivity (Wildman–Crippen MR) is 98.3 cm³/mol. The first-order valence-electron chi connectivity index (χ1n) is 8.02. The number of sulfone groups is 1. The molecule has 2 aromatic carbocycles. The van der Waals surface area contributed by atoms with Crippen LogP contribution in [0.15, 0.2) is 71.8 Å². The molecular formula is C20H16FNO4S. The van der Waals surface area contributed by atoms with Crippen molar-refractivity contribution in [3.8, 4) is 11.1 Å². The molecular weight excluding hydrogens is 369 g/mol. The standard InChI is InChI=1S/C20H16FNO4S/c1-26-20(23)19-18(8-5-11-22-19)27(24,25)13-16-12-15(9-10-17(16)21)14-6-3-2-4-7-14/h2-12H,13H2,1H3. The number of hydrogen-bond acceptors (Lipinski definition) is 5. The normalized spacial score (nSPS) is 11.2. The number of carbonyl (C=O) groups is 1. The highest BCUT2D eigenvalue weighted by atomic mass is 32.2. The number of esters is 1. The Labute approximate surface area is 156 Å². The number of carbonyl (C=O) groups excluding carboxylic acids is 1. The molecule has 0 N–H and O–H groups in total. The molecule has 0 saturated carbocycles. The topological polar surface area (TPSA) is 73.3 Å². The van der Waals surface area contributed by atoms with E-state index in [0.717, 1.165) is 12.7 Å². The number of nitrogens with zero attached hydrogens (tertiary/aromatic N) is 1. The number of rotatable bonds is 5. The maximum Gasteiger partial charge on any atom is 0.358 e. The van der Waals surface area contributed by atoms with Gasteiger partial charge in [0, 0.05) is 11.8 Å². The van der Waals surface area contributed by atoms with Crippen LogP contribution in [0.4, 0.5) is 4.39 Å². The van der Waals surface area contributed by atoms with Gasteiger partial charge in [-0.05, 0) is 35.4 Å². The minimum Gasteiger partial charge on any atom is -0.464 e. The van der Waals surface area contributed by atoms with E-state index in [1.54, 1.807) is 6.07 Å². The molecule has 0 radical (unpaired) electrons. The fraction of sp³-hybridized carbons (Fsp3) is 0.100. The number of aromatic nitrogens is 1. The summed E-state index contributed by atoms with van der Waals surface area (Å²) in [5, 5.41) is 0. The van der Waals surface area contributed by atoms with Crippen LogP contribution in [0.2, 0.25) is 0 Å². The van der Waals surface area contributed by atoms with Crippen LogP contribution in [0.25, 0.3) is 11.1 Å². The molecule has 0 bridgehead atoms. The lowest BCUT2D eigenvalue weighted by molar-refractivity contribution is 0.0589. The summed E-state index contributed by atoms with van der Waals surface area (Å²) >= 11 is 0. The smallest absolute Gasteiger partial charge is 0.358 e.